The molecule has 18 heavy (non-hydrogen) atoms. The summed E-state index contributed by atoms with van der Waals surface area (Å²) in [5, 5.41) is 0. The minimum atomic E-state index is -0.417. The predicted molar refractivity (Wildman–Crippen MR) is 72.0 cm³/mol. The Morgan fingerprint density at radius 2 is 1.78 bits per heavy atom. The first-order valence-corrected chi connectivity index (χ1v) is 6.03. The molecule has 0 N–H and O–H groups in total. The highest BCUT2D eigenvalue weighted by Gasteiger charge is 2.37. The van der Waals surface area contributed by atoms with Crippen LogP contribution in [0.3, 0.4) is 0 Å². The van der Waals surface area contributed by atoms with Crippen LogP contribution in [0, 0.1) is 13.8 Å². The largest absolute Gasteiger partial charge is 0.301 e. The molecule has 2 rings (SSSR count). The van der Waals surface area contributed by atoms with Gasteiger partial charge < -0.3 is 4.90 Å². The number of anilines is 1. The number of fused-ring (bicyclic) bond motifs is 1. The van der Waals surface area contributed by atoms with Crippen LogP contribution >= 0.6 is 0 Å². The van der Waals surface area contributed by atoms with Gasteiger partial charge in [-0.3, -0.25) is 9.59 Å². The number of carbonyl (C=O) groups is 2. The van der Waals surface area contributed by atoms with E-state index in [1.165, 1.54) is 0 Å². The summed E-state index contributed by atoms with van der Waals surface area (Å²) >= 11 is 0. The third-order valence-corrected chi connectivity index (χ3v) is 3.21. The summed E-state index contributed by atoms with van der Waals surface area (Å²) < 4.78 is 0. The second kappa shape index (κ2) is 4.41. The third-order valence-electron chi connectivity index (χ3n) is 3.21. The Balaban J connectivity index is 2.55. The number of hydrogen-bond donors (Lipinski definition) is 0. The number of carbonyl (C=O) groups excluding carboxylic acids is 2. The molecular weight excluding hydrogens is 226 g/mol. The molecule has 1 heterocycles. The first-order valence-electron chi connectivity index (χ1n) is 6.03. The van der Waals surface area contributed by atoms with Crippen molar-refractivity contribution < 1.29 is 9.59 Å². The maximum atomic E-state index is 12.0. The molecule has 0 saturated heterocycles. The molecule has 3 nitrogen and oxygen atoms in total. The first-order chi connectivity index (χ1) is 8.43. The molecule has 1 aliphatic rings. The van der Waals surface area contributed by atoms with Gasteiger partial charge in [-0.05, 0) is 38.8 Å². The summed E-state index contributed by atoms with van der Waals surface area (Å²) in [7, 11) is 0. The zero-order valence-electron chi connectivity index (χ0n) is 11.2. The lowest BCUT2D eigenvalue weighted by molar-refractivity contribution is -0.114. The van der Waals surface area contributed by atoms with Crippen molar-refractivity contribution in [3.63, 3.8) is 0 Å². The van der Waals surface area contributed by atoms with Gasteiger partial charge in [0, 0.05) is 6.54 Å². The van der Waals surface area contributed by atoms with E-state index in [1.54, 1.807) is 4.90 Å². The van der Waals surface area contributed by atoms with Crippen molar-refractivity contribution in [1.82, 2.24) is 0 Å². The average molecular weight is 243 g/mol. The van der Waals surface area contributed by atoms with E-state index >= 15 is 0 Å². The van der Waals surface area contributed by atoms with Crippen LogP contribution in [-0.4, -0.2) is 18.2 Å². The number of benzene rings is 1. The molecule has 94 valence electrons. The summed E-state index contributed by atoms with van der Waals surface area (Å²) in [6.45, 7) is 8.22. The number of aryl methyl sites for hydroxylation is 2. The molecule has 0 fully saturated rings. The Morgan fingerprint density at radius 3 is 2.39 bits per heavy atom. The summed E-state index contributed by atoms with van der Waals surface area (Å²) in [5.41, 5.74) is 4.32. The van der Waals surface area contributed by atoms with E-state index in [9.17, 15) is 9.59 Å². The Kier molecular flexibility index (Phi) is 3.07. The zero-order valence-corrected chi connectivity index (χ0v) is 11.2. The quantitative estimate of drug-likeness (QED) is 0.591. The van der Waals surface area contributed by atoms with Crippen LogP contribution in [0.4, 0.5) is 5.69 Å². The summed E-state index contributed by atoms with van der Waals surface area (Å²) in [6.07, 6.45) is 1.96. The van der Waals surface area contributed by atoms with E-state index in [1.807, 2.05) is 45.9 Å². The van der Waals surface area contributed by atoms with Gasteiger partial charge in [0.15, 0.2) is 0 Å². The van der Waals surface area contributed by atoms with Gasteiger partial charge in [0.2, 0.25) is 0 Å². The van der Waals surface area contributed by atoms with Gasteiger partial charge in [0.25, 0.3) is 11.7 Å². The number of ketones is 1. The fourth-order valence-electron chi connectivity index (χ4n) is 2.21. The lowest BCUT2D eigenvalue weighted by atomic mass is 10.0. The van der Waals surface area contributed by atoms with Gasteiger partial charge in [-0.25, -0.2) is 0 Å². The van der Waals surface area contributed by atoms with Gasteiger partial charge in [0.1, 0.15) is 0 Å². The first kappa shape index (κ1) is 12.6. The van der Waals surface area contributed by atoms with Crippen molar-refractivity contribution in [1.29, 1.82) is 0 Å². The number of hydrogen-bond acceptors (Lipinski definition) is 2. The average Bonchev–Trinajstić information content (AvgIpc) is 2.56. The maximum absolute atomic E-state index is 12.0. The Labute approximate surface area is 107 Å². The molecule has 1 aromatic rings. The van der Waals surface area contributed by atoms with E-state index < -0.39 is 5.91 Å². The summed E-state index contributed by atoms with van der Waals surface area (Å²) in [6, 6.07) is 3.85. The van der Waals surface area contributed by atoms with E-state index in [0.29, 0.717) is 12.1 Å². The van der Waals surface area contributed by atoms with Crippen LogP contribution in [0.1, 0.15) is 35.3 Å². The highest BCUT2D eigenvalue weighted by Crippen LogP contribution is 2.34. The lowest BCUT2D eigenvalue weighted by Crippen LogP contribution is -2.30. The topological polar surface area (TPSA) is 37.4 Å². The molecule has 0 spiro atoms. The molecule has 1 amide bonds. The standard InChI is InChI=1S/C15H17NO2/c1-9(2)7-8-16-13-11(4)6-5-10(3)12(13)14(17)15(16)18/h5-7H,8H2,1-4H3. The Hall–Kier alpha value is -1.90. The second-order valence-corrected chi connectivity index (χ2v) is 4.95. The minimum Gasteiger partial charge on any atom is -0.301 e. The van der Waals surface area contributed by atoms with Crippen LogP contribution in [0.5, 0.6) is 0 Å². The molecule has 1 aromatic carbocycles. The van der Waals surface area contributed by atoms with Crippen molar-refractivity contribution in [2.24, 2.45) is 0 Å². The molecule has 3 heteroatoms. The molecular formula is C15H17NO2. The van der Waals surface area contributed by atoms with Gasteiger partial charge >= 0.3 is 0 Å². The fourth-order valence-corrected chi connectivity index (χ4v) is 2.21. The Bertz CT molecular complexity index is 566. The minimum absolute atomic E-state index is 0.381. The van der Waals surface area contributed by atoms with E-state index in [4.69, 9.17) is 0 Å². The van der Waals surface area contributed by atoms with Crippen LogP contribution in [0.15, 0.2) is 23.8 Å². The van der Waals surface area contributed by atoms with E-state index in [2.05, 4.69) is 0 Å². The Morgan fingerprint density at radius 1 is 1.17 bits per heavy atom. The van der Waals surface area contributed by atoms with Crippen molar-refractivity contribution in [3.05, 3.63) is 40.5 Å². The SMILES string of the molecule is CC(C)=CCN1C(=O)C(=O)c2c(C)ccc(C)c21. The maximum Gasteiger partial charge on any atom is 0.299 e. The van der Waals surface area contributed by atoms with Crippen LogP contribution in [0.25, 0.3) is 0 Å². The molecule has 0 radical (unpaired) electrons. The third kappa shape index (κ3) is 1.86. The highest BCUT2D eigenvalue weighted by atomic mass is 16.2. The van der Waals surface area contributed by atoms with Crippen LogP contribution < -0.4 is 4.90 Å². The monoisotopic (exact) mass is 243 g/mol. The molecule has 1 aliphatic heterocycles. The van der Waals surface area contributed by atoms with Crippen molar-refractivity contribution >= 4 is 17.4 Å². The number of allylic oxidation sites excluding steroid dienone is 1. The molecule has 0 aliphatic carbocycles. The predicted octanol–water partition coefficient (Wildman–Crippen LogP) is 2.80. The van der Waals surface area contributed by atoms with Crippen molar-refractivity contribution in [2.75, 3.05) is 11.4 Å². The van der Waals surface area contributed by atoms with Crippen LogP contribution in [-0.2, 0) is 4.79 Å². The molecule has 0 saturated carbocycles. The van der Waals surface area contributed by atoms with Crippen molar-refractivity contribution in [3.8, 4) is 0 Å². The van der Waals surface area contributed by atoms with Crippen molar-refractivity contribution in [2.45, 2.75) is 27.7 Å². The summed E-state index contributed by atoms with van der Waals surface area (Å²) in [4.78, 5) is 25.6. The second-order valence-electron chi connectivity index (χ2n) is 4.95. The van der Waals surface area contributed by atoms with E-state index in [-0.39, 0.29) is 5.78 Å². The normalized spacial score (nSPS) is 13.9. The fraction of sp³-hybridized carbons (Fsp3) is 0.333. The molecule has 0 atom stereocenters. The smallest absolute Gasteiger partial charge is 0.299 e. The lowest BCUT2D eigenvalue weighted by Gasteiger charge is -2.17. The zero-order chi connectivity index (χ0) is 13.4. The number of amides is 1. The highest BCUT2D eigenvalue weighted by molar-refractivity contribution is 6.52. The summed E-state index contributed by atoms with van der Waals surface area (Å²) in [5.74, 6) is -0.798. The number of Topliss-reactive ketones (excluding diaryl/α,β-unsaturated/α-hetero) is 1. The molecule has 0 bridgehead atoms. The number of rotatable bonds is 2. The van der Waals surface area contributed by atoms with Gasteiger partial charge in [-0.2, -0.15) is 0 Å². The van der Waals surface area contributed by atoms with Gasteiger partial charge in [-0.15, -0.1) is 0 Å². The van der Waals surface area contributed by atoms with E-state index in [0.717, 1.165) is 22.4 Å². The molecule has 0 aromatic heterocycles. The van der Waals surface area contributed by atoms with Gasteiger partial charge in [-0.1, -0.05) is 23.8 Å². The molecule has 0 unspecified atom stereocenters. The van der Waals surface area contributed by atoms with Gasteiger partial charge in [0.05, 0.1) is 11.3 Å². The van der Waals surface area contributed by atoms with Crippen LogP contribution in [0.2, 0.25) is 0 Å². The number of nitrogens with zero attached hydrogens (tertiary/aromatic N) is 1.